The number of halogens is 2. The number of nitrogens with zero attached hydrogens (tertiary/aromatic N) is 1. The van der Waals surface area contributed by atoms with E-state index in [-0.39, 0.29) is 11.9 Å². The van der Waals surface area contributed by atoms with Gasteiger partial charge in [0.1, 0.15) is 0 Å². The lowest BCUT2D eigenvalue weighted by molar-refractivity contribution is -0.120. The van der Waals surface area contributed by atoms with Crippen LogP contribution in [-0.4, -0.2) is 23.9 Å². The first-order chi connectivity index (χ1) is 10.5. The van der Waals surface area contributed by atoms with Gasteiger partial charge in [0, 0.05) is 11.6 Å². The maximum Gasteiger partial charge on any atom is 0.241 e. The van der Waals surface area contributed by atoms with Crippen LogP contribution in [0.3, 0.4) is 0 Å². The zero-order valence-electron chi connectivity index (χ0n) is 12.5. The van der Waals surface area contributed by atoms with Gasteiger partial charge >= 0.3 is 0 Å². The predicted molar refractivity (Wildman–Crippen MR) is 92.5 cm³/mol. The topological polar surface area (TPSA) is 32.3 Å². The first-order valence-corrected chi connectivity index (χ1v) is 7.73. The van der Waals surface area contributed by atoms with E-state index in [1.807, 2.05) is 55.3 Å². The van der Waals surface area contributed by atoms with Crippen molar-refractivity contribution in [2.24, 2.45) is 0 Å². The van der Waals surface area contributed by atoms with Crippen molar-refractivity contribution in [2.75, 3.05) is 12.4 Å². The minimum atomic E-state index is -0.312. The molecule has 2 aromatic rings. The molecule has 0 heterocycles. The molecule has 22 heavy (non-hydrogen) atoms. The normalized spacial score (nSPS) is 12.2. The Hall–Kier alpha value is -1.55. The van der Waals surface area contributed by atoms with Crippen LogP contribution in [-0.2, 0) is 11.3 Å². The maximum absolute atomic E-state index is 12.3. The van der Waals surface area contributed by atoms with Crippen LogP contribution in [0.1, 0.15) is 12.5 Å². The summed E-state index contributed by atoms with van der Waals surface area (Å²) >= 11 is 12.2. The number of carbonyl (C=O) groups is 1. The van der Waals surface area contributed by atoms with Gasteiger partial charge in [-0.15, -0.1) is 0 Å². The van der Waals surface area contributed by atoms with Crippen molar-refractivity contribution < 1.29 is 4.79 Å². The molecule has 0 aliphatic carbocycles. The van der Waals surface area contributed by atoms with Crippen LogP contribution in [0.15, 0.2) is 48.5 Å². The number of anilines is 1. The number of benzene rings is 2. The number of hydrogen-bond donors (Lipinski definition) is 1. The summed E-state index contributed by atoms with van der Waals surface area (Å²) < 4.78 is 0. The molecule has 0 aliphatic heterocycles. The first kappa shape index (κ1) is 16.8. The van der Waals surface area contributed by atoms with Gasteiger partial charge in [-0.2, -0.15) is 0 Å². The molecule has 0 bridgehead atoms. The highest BCUT2D eigenvalue weighted by atomic mass is 35.5. The minimum absolute atomic E-state index is 0.109. The Labute approximate surface area is 140 Å². The van der Waals surface area contributed by atoms with Crippen molar-refractivity contribution in [3.8, 4) is 0 Å². The van der Waals surface area contributed by atoms with Gasteiger partial charge in [-0.25, -0.2) is 0 Å². The molecule has 2 aromatic carbocycles. The lowest BCUT2D eigenvalue weighted by Gasteiger charge is -2.24. The van der Waals surface area contributed by atoms with Crippen molar-refractivity contribution >= 4 is 34.8 Å². The number of nitrogens with one attached hydrogen (secondary N) is 1. The van der Waals surface area contributed by atoms with Crippen molar-refractivity contribution in [2.45, 2.75) is 19.5 Å². The summed E-state index contributed by atoms with van der Waals surface area (Å²) in [4.78, 5) is 14.3. The molecular formula is C17H18Cl2N2O. The number of rotatable bonds is 5. The molecule has 0 spiro atoms. The number of para-hydroxylation sites is 1. The second-order valence-electron chi connectivity index (χ2n) is 5.15. The highest BCUT2D eigenvalue weighted by Crippen LogP contribution is 2.21. The fourth-order valence-corrected chi connectivity index (χ4v) is 2.41. The Morgan fingerprint density at radius 1 is 1.09 bits per heavy atom. The summed E-state index contributed by atoms with van der Waals surface area (Å²) in [6.07, 6.45) is 0. The molecule has 1 unspecified atom stereocenters. The molecule has 0 saturated carbocycles. The highest BCUT2D eigenvalue weighted by Gasteiger charge is 2.19. The fourth-order valence-electron chi connectivity index (χ4n) is 2.03. The summed E-state index contributed by atoms with van der Waals surface area (Å²) in [6, 6.07) is 14.5. The van der Waals surface area contributed by atoms with E-state index in [4.69, 9.17) is 23.2 Å². The SMILES string of the molecule is CC(C(=O)Nc1ccccc1Cl)N(C)Cc1ccccc1Cl. The van der Waals surface area contributed by atoms with Crippen LogP contribution in [0.2, 0.25) is 10.0 Å². The molecule has 0 aromatic heterocycles. The van der Waals surface area contributed by atoms with E-state index in [2.05, 4.69) is 5.32 Å². The van der Waals surface area contributed by atoms with Gasteiger partial charge in [0.15, 0.2) is 0 Å². The molecule has 0 saturated heterocycles. The first-order valence-electron chi connectivity index (χ1n) is 6.98. The average Bonchev–Trinajstić information content (AvgIpc) is 2.51. The van der Waals surface area contributed by atoms with E-state index in [0.717, 1.165) is 5.56 Å². The molecule has 0 fully saturated rings. The molecule has 1 N–H and O–H groups in total. The van der Waals surface area contributed by atoms with E-state index in [0.29, 0.717) is 22.3 Å². The quantitative estimate of drug-likeness (QED) is 0.874. The molecule has 1 amide bonds. The van der Waals surface area contributed by atoms with Crippen LogP contribution in [0.25, 0.3) is 0 Å². The molecule has 2 rings (SSSR count). The Morgan fingerprint density at radius 3 is 2.32 bits per heavy atom. The van der Waals surface area contributed by atoms with Crippen LogP contribution in [0.4, 0.5) is 5.69 Å². The monoisotopic (exact) mass is 336 g/mol. The molecule has 116 valence electrons. The van der Waals surface area contributed by atoms with Gasteiger partial charge < -0.3 is 5.32 Å². The zero-order chi connectivity index (χ0) is 16.1. The minimum Gasteiger partial charge on any atom is -0.323 e. The van der Waals surface area contributed by atoms with E-state index < -0.39 is 0 Å². The van der Waals surface area contributed by atoms with E-state index >= 15 is 0 Å². The molecule has 0 aliphatic rings. The molecular weight excluding hydrogens is 319 g/mol. The van der Waals surface area contributed by atoms with E-state index in [1.54, 1.807) is 12.1 Å². The number of hydrogen-bond acceptors (Lipinski definition) is 2. The smallest absolute Gasteiger partial charge is 0.241 e. The van der Waals surface area contributed by atoms with Gasteiger partial charge in [-0.3, -0.25) is 9.69 Å². The largest absolute Gasteiger partial charge is 0.323 e. The average molecular weight is 337 g/mol. The summed E-state index contributed by atoms with van der Waals surface area (Å²) in [5, 5.41) is 4.07. The van der Waals surface area contributed by atoms with Crippen molar-refractivity contribution in [1.82, 2.24) is 4.90 Å². The number of carbonyl (C=O) groups excluding carboxylic acids is 1. The summed E-state index contributed by atoms with van der Waals surface area (Å²) in [6.45, 7) is 2.44. The molecule has 1 atom stereocenters. The highest BCUT2D eigenvalue weighted by molar-refractivity contribution is 6.33. The predicted octanol–water partition coefficient (Wildman–Crippen LogP) is 4.45. The van der Waals surface area contributed by atoms with Crippen molar-refractivity contribution in [3.05, 3.63) is 64.1 Å². The second-order valence-corrected chi connectivity index (χ2v) is 5.97. The van der Waals surface area contributed by atoms with E-state index in [1.165, 1.54) is 0 Å². The van der Waals surface area contributed by atoms with Crippen LogP contribution >= 0.6 is 23.2 Å². The maximum atomic E-state index is 12.3. The van der Waals surface area contributed by atoms with Gasteiger partial charge in [0.05, 0.1) is 16.8 Å². The standard InChI is InChI=1S/C17H18Cl2N2O/c1-12(17(22)20-16-10-6-5-9-15(16)19)21(2)11-13-7-3-4-8-14(13)18/h3-10,12H,11H2,1-2H3,(H,20,22). The molecule has 0 radical (unpaired) electrons. The second kappa shape index (κ2) is 7.63. The zero-order valence-corrected chi connectivity index (χ0v) is 14.0. The molecule has 5 heteroatoms. The summed E-state index contributed by atoms with van der Waals surface area (Å²) in [5.41, 5.74) is 1.61. The van der Waals surface area contributed by atoms with Crippen LogP contribution < -0.4 is 5.32 Å². The fraction of sp³-hybridized carbons (Fsp3) is 0.235. The van der Waals surface area contributed by atoms with Gasteiger partial charge in [-0.1, -0.05) is 53.5 Å². The Bertz CT molecular complexity index is 661. The van der Waals surface area contributed by atoms with Crippen molar-refractivity contribution in [1.29, 1.82) is 0 Å². The summed E-state index contributed by atoms with van der Waals surface area (Å²) in [5.74, 6) is -0.109. The van der Waals surface area contributed by atoms with Gasteiger partial charge in [0.25, 0.3) is 0 Å². The lowest BCUT2D eigenvalue weighted by Crippen LogP contribution is -2.39. The molecule has 3 nitrogen and oxygen atoms in total. The van der Waals surface area contributed by atoms with Gasteiger partial charge in [0.2, 0.25) is 5.91 Å². The van der Waals surface area contributed by atoms with E-state index in [9.17, 15) is 4.79 Å². The van der Waals surface area contributed by atoms with Crippen LogP contribution in [0.5, 0.6) is 0 Å². The van der Waals surface area contributed by atoms with Crippen LogP contribution in [0, 0.1) is 0 Å². The number of amides is 1. The Balaban J connectivity index is 2.01. The van der Waals surface area contributed by atoms with Gasteiger partial charge in [-0.05, 0) is 37.7 Å². The number of likely N-dealkylation sites (N-methyl/N-ethyl adjacent to an activating group) is 1. The lowest BCUT2D eigenvalue weighted by atomic mass is 10.2. The van der Waals surface area contributed by atoms with Crippen molar-refractivity contribution in [3.63, 3.8) is 0 Å². The Kier molecular flexibility index (Phi) is 5.83. The third kappa shape index (κ3) is 4.23. The Morgan fingerprint density at radius 2 is 1.68 bits per heavy atom. The third-order valence-electron chi connectivity index (χ3n) is 3.55. The third-order valence-corrected chi connectivity index (χ3v) is 4.25. The summed E-state index contributed by atoms with van der Waals surface area (Å²) in [7, 11) is 1.89.